The van der Waals surface area contributed by atoms with Crippen LogP contribution in [0.5, 0.6) is 0 Å². The average molecular weight is 209 g/mol. The Kier molecular flexibility index (Phi) is 2.48. The molecule has 1 amide bonds. The molecule has 1 aromatic heterocycles. The number of hydrogen-bond donors (Lipinski definition) is 2. The average Bonchev–Trinajstić information content (AvgIpc) is 2.57. The van der Waals surface area contributed by atoms with E-state index in [1.807, 2.05) is 6.92 Å². The van der Waals surface area contributed by atoms with Crippen molar-refractivity contribution >= 4 is 5.91 Å². The maximum atomic E-state index is 11.6. The number of aryl methyl sites for hydroxylation is 1. The van der Waals surface area contributed by atoms with Crippen molar-refractivity contribution in [3.63, 3.8) is 0 Å². The monoisotopic (exact) mass is 209 g/mol. The van der Waals surface area contributed by atoms with E-state index < -0.39 is 5.54 Å². The minimum atomic E-state index is -0.651. The second-order valence-electron chi connectivity index (χ2n) is 4.06. The molecule has 1 aromatic rings. The fraction of sp³-hybridized carbons (Fsp3) is 0.600. The van der Waals surface area contributed by atoms with Gasteiger partial charge in [-0.25, -0.2) is 4.98 Å². The number of nitrogens with zero attached hydrogens (tertiary/aromatic N) is 1. The number of carbonyl (C=O) groups is 1. The highest BCUT2D eigenvalue weighted by Crippen LogP contribution is 2.29. The summed E-state index contributed by atoms with van der Waals surface area (Å²) in [5, 5.41) is 2.73. The fourth-order valence-electron chi connectivity index (χ4n) is 1.60. The number of nitrogens with two attached hydrogens (primary N) is 1. The highest BCUT2D eigenvalue weighted by atomic mass is 16.4. The van der Waals surface area contributed by atoms with E-state index in [-0.39, 0.29) is 5.91 Å². The third kappa shape index (κ3) is 2.02. The number of amides is 1. The zero-order chi connectivity index (χ0) is 10.9. The van der Waals surface area contributed by atoms with E-state index >= 15 is 0 Å². The molecular weight excluding hydrogens is 194 g/mol. The molecule has 1 fully saturated rings. The van der Waals surface area contributed by atoms with E-state index in [2.05, 4.69) is 10.3 Å². The van der Waals surface area contributed by atoms with E-state index in [0.29, 0.717) is 12.4 Å². The fourth-order valence-corrected chi connectivity index (χ4v) is 1.60. The molecule has 1 aliphatic rings. The molecule has 0 atom stereocenters. The first kappa shape index (κ1) is 10.2. The quantitative estimate of drug-likeness (QED) is 0.758. The van der Waals surface area contributed by atoms with Crippen LogP contribution in [0.25, 0.3) is 0 Å². The summed E-state index contributed by atoms with van der Waals surface area (Å²) in [6.07, 6.45) is 4.19. The molecule has 5 heteroatoms. The number of aromatic nitrogens is 1. The maximum absolute atomic E-state index is 11.6. The van der Waals surface area contributed by atoms with Gasteiger partial charge in [-0.05, 0) is 26.2 Å². The molecule has 0 aromatic carbocycles. The van der Waals surface area contributed by atoms with Crippen molar-refractivity contribution in [1.82, 2.24) is 10.3 Å². The Labute approximate surface area is 88.0 Å². The number of nitrogens with one attached hydrogen (secondary N) is 1. The van der Waals surface area contributed by atoms with Gasteiger partial charge in [0.1, 0.15) is 5.76 Å². The third-order valence-electron chi connectivity index (χ3n) is 2.77. The van der Waals surface area contributed by atoms with Crippen LogP contribution < -0.4 is 11.1 Å². The lowest BCUT2D eigenvalue weighted by molar-refractivity contribution is -0.129. The van der Waals surface area contributed by atoms with Gasteiger partial charge < -0.3 is 15.5 Å². The minimum Gasteiger partial charge on any atom is -0.444 e. The van der Waals surface area contributed by atoms with Crippen LogP contribution in [0.2, 0.25) is 0 Å². The van der Waals surface area contributed by atoms with Gasteiger partial charge in [0.15, 0.2) is 0 Å². The predicted octanol–water partition coefficient (Wildman–Crippen LogP) is 0.481. The molecule has 5 nitrogen and oxygen atoms in total. The zero-order valence-corrected chi connectivity index (χ0v) is 8.75. The zero-order valence-electron chi connectivity index (χ0n) is 8.75. The van der Waals surface area contributed by atoms with Crippen LogP contribution in [0, 0.1) is 6.92 Å². The SMILES string of the molecule is Cc1cnc(CNC(=O)C2(N)CCC2)o1. The highest BCUT2D eigenvalue weighted by molar-refractivity contribution is 5.86. The van der Waals surface area contributed by atoms with Crippen LogP contribution >= 0.6 is 0 Å². The predicted molar refractivity (Wildman–Crippen MR) is 53.9 cm³/mol. The van der Waals surface area contributed by atoms with Crippen LogP contribution in [-0.4, -0.2) is 16.4 Å². The van der Waals surface area contributed by atoms with Crippen molar-refractivity contribution in [2.24, 2.45) is 5.73 Å². The first-order valence-electron chi connectivity index (χ1n) is 5.09. The molecule has 0 aliphatic heterocycles. The van der Waals surface area contributed by atoms with E-state index in [4.69, 9.17) is 10.2 Å². The van der Waals surface area contributed by atoms with Gasteiger partial charge in [0.05, 0.1) is 18.3 Å². The van der Waals surface area contributed by atoms with Gasteiger partial charge in [-0.2, -0.15) is 0 Å². The van der Waals surface area contributed by atoms with Gasteiger partial charge in [0.2, 0.25) is 11.8 Å². The first-order valence-corrected chi connectivity index (χ1v) is 5.09. The summed E-state index contributed by atoms with van der Waals surface area (Å²) in [6.45, 7) is 2.13. The van der Waals surface area contributed by atoms with Crippen molar-refractivity contribution in [3.05, 3.63) is 17.8 Å². The van der Waals surface area contributed by atoms with Gasteiger partial charge in [0, 0.05) is 0 Å². The first-order chi connectivity index (χ1) is 7.10. The molecule has 2 rings (SSSR count). The van der Waals surface area contributed by atoms with Gasteiger partial charge in [-0.1, -0.05) is 0 Å². The van der Waals surface area contributed by atoms with E-state index in [1.54, 1.807) is 6.20 Å². The number of hydrogen-bond acceptors (Lipinski definition) is 4. The summed E-state index contributed by atoms with van der Waals surface area (Å²) >= 11 is 0. The van der Waals surface area contributed by atoms with Crippen molar-refractivity contribution in [1.29, 1.82) is 0 Å². The highest BCUT2D eigenvalue weighted by Gasteiger charge is 2.39. The smallest absolute Gasteiger partial charge is 0.240 e. The Morgan fingerprint density at radius 3 is 2.93 bits per heavy atom. The summed E-state index contributed by atoms with van der Waals surface area (Å²) in [7, 11) is 0. The van der Waals surface area contributed by atoms with Gasteiger partial charge in [-0.3, -0.25) is 4.79 Å². The topological polar surface area (TPSA) is 81.2 Å². The van der Waals surface area contributed by atoms with Gasteiger partial charge >= 0.3 is 0 Å². The largest absolute Gasteiger partial charge is 0.444 e. The Balaban J connectivity index is 1.85. The Morgan fingerprint density at radius 2 is 2.47 bits per heavy atom. The van der Waals surface area contributed by atoms with Gasteiger partial charge in [-0.15, -0.1) is 0 Å². The molecule has 82 valence electrons. The second-order valence-corrected chi connectivity index (χ2v) is 4.06. The Hall–Kier alpha value is -1.36. The molecule has 0 bridgehead atoms. The molecule has 1 aliphatic carbocycles. The summed E-state index contributed by atoms with van der Waals surface area (Å²) in [5.74, 6) is 1.15. The lowest BCUT2D eigenvalue weighted by atomic mass is 9.77. The molecule has 0 saturated heterocycles. The standard InChI is InChI=1S/C10H15N3O2/c1-7-5-12-8(15-7)6-13-9(14)10(11)3-2-4-10/h5H,2-4,6,11H2,1H3,(H,13,14). The van der Waals surface area contributed by atoms with E-state index in [1.165, 1.54) is 0 Å². The normalized spacial score (nSPS) is 18.3. The lowest BCUT2D eigenvalue weighted by Crippen LogP contribution is -2.58. The van der Waals surface area contributed by atoms with E-state index in [0.717, 1.165) is 25.0 Å². The number of oxazole rings is 1. The van der Waals surface area contributed by atoms with Gasteiger partial charge in [0.25, 0.3) is 0 Å². The molecule has 15 heavy (non-hydrogen) atoms. The Bertz CT molecular complexity index is 368. The van der Waals surface area contributed by atoms with Crippen LogP contribution in [0.15, 0.2) is 10.6 Å². The van der Waals surface area contributed by atoms with Crippen molar-refractivity contribution in [2.45, 2.75) is 38.3 Å². The lowest BCUT2D eigenvalue weighted by Gasteiger charge is -2.35. The Morgan fingerprint density at radius 1 is 1.73 bits per heavy atom. The molecule has 0 unspecified atom stereocenters. The summed E-state index contributed by atoms with van der Waals surface area (Å²) in [5.41, 5.74) is 5.20. The summed E-state index contributed by atoms with van der Waals surface area (Å²) in [4.78, 5) is 15.6. The maximum Gasteiger partial charge on any atom is 0.240 e. The molecule has 0 spiro atoms. The van der Waals surface area contributed by atoms with Crippen molar-refractivity contribution < 1.29 is 9.21 Å². The van der Waals surface area contributed by atoms with Crippen molar-refractivity contribution in [3.8, 4) is 0 Å². The molecular formula is C10H15N3O2. The van der Waals surface area contributed by atoms with Crippen LogP contribution in [0.1, 0.15) is 30.9 Å². The second kappa shape index (κ2) is 3.66. The minimum absolute atomic E-state index is 0.107. The third-order valence-corrected chi connectivity index (χ3v) is 2.77. The molecule has 1 saturated carbocycles. The molecule has 3 N–H and O–H groups in total. The number of rotatable bonds is 3. The van der Waals surface area contributed by atoms with Crippen LogP contribution in [-0.2, 0) is 11.3 Å². The summed E-state index contributed by atoms with van der Waals surface area (Å²) in [6, 6.07) is 0. The molecule has 1 heterocycles. The molecule has 0 radical (unpaired) electrons. The van der Waals surface area contributed by atoms with Crippen molar-refractivity contribution in [2.75, 3.05) is 0 Å². The van der Waals surface area contributed by atoms with E-state index in [9.17, 15) is 4.79 Å². The van der Waals surface area contributed by atoms with Crippen LogP contribution in [0.4, 0.5) is 0 Å². The van der Waals surface area contributed by atoms with Crippen LogP contribution in [0.3, 0.4) is 0 Å². The summed E-state index contributed by atoms with van der Waals surface area (Å²) < 4.78 is 5.23. The number of carbonyl (C=O) groups excluding carboxylic acids is 1.